The van der Waals surface area contributed by atoms with Crippen LogP contribution in [0.15, 0.2) is 24.3 Å². The number of hydrogen-bond donors (Lipinski definition) is 0. The number of alkyl halides is 1. The summed E-state index contributed by atoms with van der Waals surface area (Å²) < 4.78 is 0. The van der Waals surface area contributed by atoms with Crippen molar-refractivity contribution in [3.8, 4) is 0 Å². The Morgan fingerprint density at radius 3 is 2.62 bits per heavy atom. The van der Waals surface area contributed by atoms with E-state index in [1.807, 2.05) is 12.1 Å². The van der Waals surface area contributed by atoms with Crippen LogP contribution in [0.3, 0.4) is 0 Å². The molecule has 16 heavy (non-hydrogen) atoms. The van der Waals surface area contributed by atoms with Crippen molar-refractivity contribution < 1.29 is 0 Å². The number of likely N-dealkylation sites (tertiary alicyclic amines) is 1. The van der Waals surface area contributed by atoms with Crippen molar-refractivity contribution in [1.29, 1.82) is 0 Å². The Bertz CT molecular complexity index is 323. The number of rotatable bonds is 3. The summed E-state index contributed by atoms with van der Waals surface area (Å²) >= 11 is 11.9. The normalized spacial score (nSPS) is 22.2. The Balaban J connectivity index is 1.99. The first-order valence-electron chi connectivity index (χ1n) is 5.84. The smallest absolute Gasteiger partial charge is 0.0406 e. The quantitative estimate of drug-likeness (QED) is 0.742. The summed E-state index contributed by atoms with van der Waals surface area (Å²) in [5.74, 6) is 0.744. The molecule has 0 aliphatic carbocycles. The fourth-order valence-corrected chi connectivity index (χ4v) is 2.74. The minimum atomic E-state index is 0.547. The highest BCUT2D eigenvalue weighted by Crippen LogP contribution is 2.21. The van der Waals surface area contributed by atoms with Gasteiger partial charge in [0.1, 0.15) is 0 Å². The van der Waals surface area contributed by atoms with E-state index >= 15 is 0 Å². The first kappa shape index (κ1) is 12.2. The molecular weight excluding hydrogens is 241 g/mol. The first-order valence-corrected chi connectivity index (χ1v) is 6.75. The third kappa shape index (κ3) is 3.13. The number of benzene rings is 1. The molecule has 1 aromatic carbocycles. The zero-order chi connectivity index (χ0) is 11.4. The van der Waals surface area contributed by atoms with Crippen LogP contribution >= 0.6 is 23.2 Å². The molecule has 1 unspecified atom stereocenters. The summed E-state index contributed by atoms with van der Waals surface area (Å²) in [6.45, 7) is 2.16. The third-order valence-electron chi connectivity index (χ3n) is 3.23. The largest absolute Gasteiger partial charge is 0.295 e. The first-order chi connectivity index (χ1) is 7.79. The van der Waals surface area contributed by atoms with Crippen LogP contribution in [-0.2, 0) is 6.54 Å². The maximum absolute atomic E-state index is 6.00. The van der Waals surface area contributed by atoms with Crippen LogP contribution in [0.5, 0.6) is 0 Å². The maximum Gasteiger partial charge on any atom is 0.0406 e. The molecule has 1 aliphatic rings. The van der Waals surface area contributed by atoms with E-state index in [1.54, 1.807) is 0 Å². The lowest BCUT2D eigenvalue weighted by Crippen LogP contribution is -2.40. The monoisotopic (exact) mass is 257 g/mol. The predicted molar refractivity (Wildman–Crippen MR) is 70.2 cm³/mol. The van der Waals surface area contributed by atoms with Gasteiger partial charge in [-0.1, -0.05) is 30.2 Å². The summed E-state index contributed by atoms with van der Waals surface area (Å²) in [4.78, 5) is 2.49. The highest BCUT2D eigenvalue weighted by Gasteiger charge is 2.21. The lowest BCUT2D eigenvalue weighted by molar-refractivity contribution is 0.155. The fourth-order valence-electron chi connectivity index (χ4n) is 2.27. The summed E-state index contributed by atoms with van der Waals surface area (Å²) in [6.07, 6.45) is 3.84. The minimum absolute atomic E-state index is 0.547. The average Bonchev–Trinajstić information content (AvgIpc) is 2.33. The van der Waals surface area contributed by atoms with E-state index in [0.717, 1.165) is 17.4 Å². The molecule has 88 valence electrons. The van der Waals surface area contributed by atoms with Crippen LogP contribution in [-0.4, -0.2) is 23.4 Å². The molecule has 3 heteroatoms. The van der Waals surface area contributed by atoms with Gasteiger partial charge in [-0.15, -0.1) is 11.6 Å². The zero-order valence-corrected chi connectivity index (χ0v) is 10.8. The molecule has 1 heterocycles. The fraction of sp³-hybridized carbons (Fsp3) is 0.538. The highest BCUT2D eigenvalue weighted by atomic mass is 35.5. The summed E-state index contributed by atoms with van der Waals surface area (Å²) in [5, 5.41) is 0.802. The molecule has 1 aliphatic heterocycles. The second kappa shape index (κ2) is 5.90. The van der Waals surface area contributed by atoms with Crippen molar-refractivity contribution in [2.45, 2.75) is 31.8 Å². The highest BCUT2D eigenvalue weighted by molar-refractivity contribution is 6.30. The van der Waals surface area contributed by atoms with Crippen molar-refractivity contribution in [3.05, 3.63) is 34.9 Å². The van der Waals surface area contributed by atoms with Crippen LogP contribution in [0.1, 0.15) is 24.8 Å². The van der Waals surface area contributed by atoms with E-state index in [2.05, 4.69) is 17.0 Å². The van der Waals surface area contributed by atoms with Gasteiger partial charge in [0.2, 0.25) is 0 Å². The van der Waals surface area contributed by atoms with E-state index in [1.165, 1.54) is 31.4 Å². The second-order valence-electron chi connectivity index (χ2n) is 4.40. The Morgan fingerprint density at radius 2 is 1.94 bits per heavy atom. The molecule has 0 spiro atoms. The van der Waals surface area contributed by atoms with Crippen molar-refractivity contribution >= 4 is 23.2 Å². The summed E-state index contributed by atoms with van der Waals surface area (Å²) in [5.41, 5.74) is 1.32. The molecule has 0 amide bonds. The van der Waals surface area contributed by atoms with E-state index in [0.29, 0.717) is 6.04 Å². The Morgan fingerprint density at radius 1 is 1.19 bits per heavy atom. The molecule has 0 N–H and O–H groups in total. The van der Waals surface area contributed by atoms with E-state index in [-0.39, 0.29) is 0 Å². The van der Waals surface area contributed by atoms with Gasteiger partial charge in [-0.05, 0) is 37.1 Å². The van der Waals surface area contributed by atoms with Crippen molar-refractivity contribution in [2.75, 3.05) is 12.4 Å². The standard InChI is InChI=1S/C13H17Cl2N/c14-9-13-3-1-2-8-16(13)10-11-4-6-12(15)7-5-11/h4-7,13H,1-3,8-10H2. The maximum atomic E-state index is 6.00. The van der Waals surface area contributed by atoms with Crippen LogP contribution < -0.4 is 0 Å². The molecule has 1 nitrogen and oxygen atoms in total. The Labute approximate surface area is 107 Å². The summed E-state index contributed by atoms with van der Waals surface area (Å²) in [6, 6.07) is 8.66. The molecule has 1 fully saturated rings. The lowest BCUT2D eigenvalue weighted by atomic mass is 10.0. The van der Waals surface area contributed by atoms with Crippen molar-refractivity contribution in [3.63, 3.8) is 0 Å². The summed E-state index contributed by atoms with van der Waals surface area (Å²) in [7, 11) is 0. The molecular formula is C13H17Cl2N. The predicted octanol–water partition coefficient (Wildman–Crippen LogP) is 3.93. The number of hydrogen-bond acceptors (Lipinski definition) is 1. The van der Waals surface area contributed by atoms with Gasteiger partial charge in [0.05, 0.1) is 0 Å². The topological polar surface area (TPSA) is 3.24 Å². The van der Waals surface area contributed by atoms with Crippen LogP contribution in [0, 0.1) is 0 Å². The molecule has 0 saturated carbocycles. The lowest BCUT2D eigenvalue weighted by Gasteiger charge is -2.34. The molecule has 0 bridgehead atoms. The zero-order valence-electron chi connectivity index (χ0n) is 9.33. The molecule has 1 aromatic rings. The van der Waals surface area contributed by atoms with Gasteiger partial charge in [-0.25, -0.2) is 0 Å². The van der Waals surface area contributed by atoms with Gasteiger partial charge in [-0.2, -0.15) is 0 Å². The van der Waals surface area contributed by atoms with E-state index in [4.69, 9.17) is 23.2 Å². The SMILES string of the molecule is ClCC1CCCCN1Cc1ccc(Cl)cc1. The van der Waals surface area contributed by atoms with Crippen LogP contribution in [0.4, 0.5) is 0 Å². The van der Waals surface area contributed by atoms with Crippen molar-refractivity contribution in [2.24, 2.45) is 0 Å². The Kier molecular flexibility index (Phi) is 4.51. The average molecular weight is 258 g/mol. The Hall–Kier alpha value is -0.240. The third-order valence-corrected chi connectivity index (χ3v) is 3.83. The molecule has 1 saturated heterocycles. The van der Waals surface area contributed by atoms with E-state index in [9.17, 15) is 0 Å². The van der Waals surface area contributed by atoms with Crippen LogP contribution in [0.25, 0.3) is 0 Å². The molecule has 2 rings (SSSR count). The molecule has 0 radical (unpaired) electrons. The van der Waals surface area contributed by atoms with Crippen molar-refractivity contribution in [1.82, 2.24) is 4.90 Å². The second-order valence-corrected chi connectivity index (χ2v) is 5.15. The van der Waals surface area contributed by atoms with Crippen LogP contribution in [0.2, 0.25) is 5.02 Å². The van der Waals surface area contributed by atoms with Gasteiger partial charge in [0.25, 0.3) is 0 Å². The van der Waals surface area contributed by atoms with Gasteiger partial charge in [-0.3, -0.25) is 4.90 Å². The number of piperidine rings is 1. The van der Waals surface area contributed by atoms with Gasteiger partial charge in [0.15, 0.2) is 0 Å². The number of nitrogens with zero attached hydrogens (tertiary/aromatic N) is 1. The van der Waals surface area contributed by atoms with Gasteiger partial charge in [0, 0.05) is 23.5 Å². The molecule has 0 aromatic heterocycles. The molecule has 1 atom stereocenters. The number of halogens is 2. The van der Waals surface area contributed by atoms with Gasteiger partial charge >= 0.3 is 0 Å². The van der Waals surface area contributed by atoms with E-state index < -0.39 is 0 Å². The minimum Gasteiger partial charge on any atom is -0.295 e. The van der Waals surface area contributed by atoms with Gasteiger partial charge < -0.3 is 0 Å².